The van der Waals surface area contributed by atoms with Crippen molar-refractivity contribution in [1.82, 2.24) is 9.88 Å². The van der Waals surface area contributed by atoms with E-state index in [1.54, 1.807) is 6.07 Å². The van der Waals surface area contributed by atoms with Crippen LogP contribution in [0.1, 0.15) is 22.6 Å². The molecular formula is C23H24N2O6. The second-order valence-electron chi connectivity index (χ2n) is 6.98. The van der Waals surface area contributed by atoms with E-state index < -0.39 is 18.6 Å². The third-order valence-corrected chi connectivity index (χ3v) is 4.73. The van der Waals surface area contributed by atoms with Gasteiger partial charge in [-0.1, -0.05) is 24.3 Å². The molecule has 0 aliphatic carbocycles. The van der Waals surface area contributed by atoms with Crippen molar-refractivity contribution in [2.75, 3.05) is 13.7 Å². The molecule has 0 unspecified atom stereocenters. The molecule has 1 heterocycles. The largest absolute Gasteiger partial charge is 0.487 e. The second-order valence-corrected chi connectivity index (χ2v) is 6.98. The van der Waals surface area contributed by atoms with Crippen LogP contribution >= 0.6 is 0 Å². The van der Waals surface area contributed by atoms with Crippen LogP contribution in [-0.2, 0) is 22.7 Å². The predicted molar refractivity (Wildman–Crippen MR) is 113 cm³/mol. The Morgan fingerprint density at radius 3 is 2.55 bits per heavy atom. The summed E-state index contributed by atoms with van der Waals surface area (Å²) in [6, 6.07) is 15.1. The van der Waals surface area contributed by atoms with Crippen LogP contribution in [0, 0.1) is 13.8 Å². The standard InChI is InChI=1S/C23H24N2O6/c1-15-9-10-19(11-18(15)12-25(13-21(26)27)23(28)29-3)30-14-20-16(2)31-22(24-20)17-7-5-4-6-8-17/h4-11H,12-14H2,1-3H3,(H,26,27). The summed E-state index contributed by atoms with van der Waals surface area (Å²) >= 11 is 0. The van der Waals surface area contributed by atoms with Gasteiger partial charge in [0.05, 0.1) is 13.7 Å². The van der Waals surface area contributed by atoms with E-state index in [1.807, 2.05) is 56.3 Å². The number of ether oxygens (including phenoxy) is 2. The zero-order valence-electron chi connectivity index (χ0n) is 17.6. The van der Waals surface area contributed by atoms with Gasteiger partial charge in [-0.25, -0.2) is 9.78 Å². The maximum absolute atomic E-state index is 11.9. The number of carbonyl (C=O) groups is 2. The molecule has 3 rings (SSSR count). The number of amides is 1. The van der Waals surface area contributed by atoms with Crippen molar-refractivity contribution in [2.45, 2.75) is 27.0 Å². The van der Waals surface area contributed by atoms with Crippen LogP contribution in [0.4, 0.5) is 4.79 Å². The lowest BCUT2D eigenvalue weighted by molar-refractivity contribution is -0.138. The molecule has 31 heavy (non-hydrogen) atoms. The number of methoxy groups -OCH3 is 1. The number of carboxylic acid groups (broad SMARTS) is 1. The van der Waals surface area contributed by atoms with E-state index in [9.17, 15) is 9.59 Å². The van der Waals surface area contributed by atoms with Crippen LogP contribution in [0.5, 0.6) is 5.75 Å². The van der Waals surface area contributed by atoms with E-state index in [0.29, 0.717) is 23.1 Å². The van der Waals surface area contributed by atoms with Crippen LogP contribution in [0.15, 0.2) is 52.9 Å². The fourth-order valence-electron chi connectivity index (χ4n) is 3.01. The number of oxazole rings is 1. The fraction of sp³-hybridized carbons (Fsp3) is 0.261. The second kappa shape index (κ2) is 9.80. The van der Waals surface area contributed by atoms with Crippen LogP contribution in [-0.4, -0.2) is 40.7 Å². The highest BCUT2D eigenvalue weighted by Crippen LogP contribution is 2.24. The Labute approximate surface area is 180 Å². The summed E-state index contributed by atoms with van der Waals surface area (Å²) in [7, 11) is 1.22. The lowest BCUT2D eigenvalue weighted by Crippen LogP contribution is -2.35. The number of nitrogens with zero attached hydrogens (tertiary/aromatic N) is 2. The molecule has 0 atom stereocenters. The van der Waals surface area contributed by atoms with E-state index in [1.165, 1.54) is 7.11 Å². The maximum atomic E-state index is 11.9. The molecule has 1 amide bonds. The SMILES string of the molecule is COC(=O)N(CC(=O)O)Cc1cc(OCc2nc(-c3ccccc3)oc2C)ccc1C. The van der Waals surface area contributed by atoms with Gasteiger partial charge in [-0.2, -0.15) is 0 Å². The molecule has 0 fully saturated rings. The predicted octanol–water partition coefficient (Wildman–Crippen LogP) is 4.19. The first kappa shape index (κ1) is 21.9. The van der Waals surface area contributed by atoms with Gasteiger partial charge in [0.2, 0.25) is 5.89 Å². The van der Waals surface area contributed by atoms with Crippen molar-refractivity contribution in [3.63, 3.8) is 0 Å². The summed E-state index contributed by atoms with van der Waals surface area (Å²) in [6.45, 7) is 3.54. The summed E-state index contributed by atoms with van der Waals surface area (Å²) in [5, 5.41) is 9.06. The first-order valence-corrected chi connectivity index (χ1v) is 9.66. The monoisotopic (exact) mass is 424 g/mol. The molecule has 0 radical (unpaired) electrons. The van der Waals surface area contributed by atoms with E-state index >= 15 is 0 Å². The van der Waals surface area contributed by atoms with Gasteiger partial charge in [-0.3, -0.25) is 9.69 Å². The molecule has 0 aliphatic rings. The molecule has 2 aromatic carbocycles. The maximum Gasteiger partial charge on any atom is 0.410 e. The van der Waals surface area contributed by atoms with Crippen LogP contribution < -0.4 is 4.74 Å². The highest BCUT2D eigenvalue weighted by molar-refractivity contribution is 5.76. The lowest BCUT2D eigenvalue weighted by Gasteiger charge is -2.20. The third kappa shape index (κ3) is 5.63. The Kier molecular flexibility index (Phi) is 6.92. The van der Waals surface area contributed by atoms with Crippen LogP contribution in [0.2, 0.25) is 0 Å². The first-order valence-electron chi connectivity index (χ1n) is 9.66. The van der Waals surface area contributed by atoms with Crippen molar-refractivity contribution in [3.05, 3.63) is 71.1 Å². The number of aliphatic carboxylic acids is 1. The Hall–Kier alpha value is -3.81. The van der Waals surface area contributed by atoms with Gasteiger partial charge in [0, 0.05) is 5.56 Å². The number of carbonyl (C=O) groups excluding carboxylic acids is 1. The summed E-state index contributed by atoms with van der Waals surface area (Å²) in [6.07, 6.45) is -0.709. The number of benzene rings is 2. The van der Waals surface area contributed by atoms with Crippen LogP contribution in [0.25, 0.3) is 11.5 Å². The minimum Gasteiger partial charge on any atom is -0.487 e. The zero-order valence-corrected chi connectivity index (χ0v) is 17.6. The fourth-order valence-corrected chi connectivity index (χ4v) is 3.01. The average Bonchev–Trinajstić information content (AvgIpc) is 3.14. The normalized spacial score (nSPS) is 10.5. The molecule has 1 aromatic heterocycles. The van der Waals surface area contributed by atoms with Gasteiger partial charge < -0.3 is 19.0 Å². The smallest absolute Gasteiger partial charge is 0.410 e. The highest BCUT2D eigenvalue weighted by Gasteiger charge is 2.19. The van der Waals surface area contributed by atoms with Gasteiger partial charge >= 0.3 is 12.1 Å². The number of rotatable bonds is 8. The van der Waals surface area contributed by atoms with E-state index in [4.69, 9.17) is 14.3 Å². The Morgan fingerprint density at radius 2 is 1.87 bits per heavy atom. The number of aromatic nitrogens is 1. The van der Waals surface area contributed by atoms with E-state index in [2.05, 4.69) is 9.72 Å². The number of aryl methyl sites for hydroxylation is 2. The molecule has 8 nitrogen and oxygen atoms in total. The minimum absolute atomic E-state index is 0.0865. The molecule has 3 aromatic rings. The van der Waals surface area contributed by atoms with E-state index in [-0.39, 0.29) is 13.2 Å². The summed E-state index contributed by atoms with van der Waals surface area (Å²) < 4.78 is 16.3. The average molecular weight is 424 g/mol. The number of hydrogen-bond donors (Lipinski definition) is 1. The summed E-state index contributed by atoms with van der Waals surface area (Å²) in [5.41, 5.74) is 3.22. The van der Waals surface area contributed by atoms with Crippen molar-refractivity contribution in [2.24, 2.45) is 0 Å². The zero-order chi connectivity index (χ0) is 22.4. The van der Waals surface area contributed by atoms with Gasteiger partial charge in [-0.05, 0) is 49.2 Å². The van der Waals surface area contributed by atoms with Crippen molar-refractivity contribution in [3.8, 4) is 17.2 Å². The van der Waals surface area contributed by atoms with Gasteiger partial charge in [0.15, 0.2) is 0 Å². The summed E-state index contributed by atoms with van der Waals surface area (Å²) in [4.78, 5) is 28.6. The first-order chi connectivity index (χ1) is 14.9. The lowest BCUT2D eigenvalue weighted by atomic mass is 10.1. The Morgan fingerprint density at radius 1 is 1.13 bits per heavy atom. The molecule has 1 N–H and O–H groups in total. The van der Waals surface area contributed by atoms with Gasteiger partial charge in [0.1, 0.15) is 30.4 Å². The number of hydrogen-bond acceptors (Lipinski definition) is 6. The molecule has 162 valence electrons. The van der Waals surface area contributed by atoms with Crippen molar-refractivity contribution >= 4 is 12.1 Å². The molecule has 0 saturated carbocycles. The molecule has 0 aliphatic heterocycles. The topological polar surface area (TPSA) is 102 Å². The molecule has 0 spiro atoms. The third-order valence-electron chi connectivity index (χ3n) is 4.73. The Bertz CT molecular complexity index is 1060. The molecule has 8 heteroatoms. The van der Waals surface area contributed by atoms with Crippen molar-refractivity contribution < 1.29 is 28.6 Å². The van der Waals surface area contributed by atoms with Crippen LogP contribution in [0.3, 0.4) is 0 Å². The van der Waals surface area contributed by atoms with Gasteiger partial charge in [0.25, 0.3) is 0 Å². The Balaban J connectivity index is 1.73. The molecule has 0 bridgehead atoms. The molecular weight excluding hydrogens is 400 g/mol. The van der Waals surface area contributed by atoms with Crippen molar-refractivity contribution in [1.29, 1.82) is 0 Å². The molecule has 0 saturated heterocycles. The quantitative estimate of drug-likeness (QED) is 0.578. The minimum atomic E-state index is -1.12. The highest BCUT2D eigenvalue weighted by atomic mass is 16.5. The number of carboxylic acids is 1. The van der Waals surface area contributed by atoms with E-state index in [0.717, 1.165) is 21.6 Å². The van der Waals surface area contributed by atoms with Gasteiger partial charge in [-0.15, -0.1) is 0 Å². The summed E-state index contributed by atoms with van der Waals surface area (Å²) in [5.74, 6) is 0.656.